The van der Waals surface area contributed by atoms with E-state index in [0.29, 0.717) is 24.3 Å². The second-order valence-electron chi connectivity index (χ2n) is 11.3. The maximum atomic E-state index is 10.7. The molecule has 0 bridgehead atoms. The molecule has 2 unspecified atom stereocenters. The summed E-state index contributed by atoms with van der Waals surface area (Å²) in [5.41, 5.74) is 4.49. The Bertz CT molecular complexity index is 854. The summed E-state index contributed by atoms with van der Waals surface area (Å²) >= 11 is 0. The van der Waals surface area contributed by atoms with Crippen LogP contribution in [0.1, 0.15) is 113 Å². The first-order valence-corrected chi connectivity index (χ1v) is 11.7. The second-order valence-corrected chi connectivity index (χ2v) is 11.3. The first kappa shape index (κ1) is 26.2. The first-order valence-electron chi connectivity index (χ1n) is 11.7. The van der Waals surface area contributed by atoms with Gasteiger partial charge in [0.2, 0.25) is 0 Å². The van der Waals surface area contributed by atoms with Gasteiger partial charge >= 0.3 is 0 Å². The van der Waals surface area contributed by atoms with Gasteiger partial charge in [0.05, 0.1) is 12.2 Å². The average Bonchev–Trinajstić information content (AvgIpc) is 2.66. The molecule has 4 heteroatoms. The van der Waals surface area contributed by atoms with Crippen molar-refractivity contribution in [3.8, 4) is 11.5 Å². The molecule has 0 aliphatic rings. The van der Waals surface area contributed by atoms with Crippen LogP contribution in [0.4, 0.5) is 0 Å². The molecular weight excluding hydrogens is 400 g/mol. The van der Waals surface area contributed by atoms with Crippen molar-refractivity contribution >= 4 is 0 Å². The number of phenolic OH excluding ortho intramolecular Hbond substituents is 2. The van der Waals surface area contributed by atoms with Crippen LogP contribution in [0.5, 0.6) is 11.5 Å². The van der Waals surface area contributed by atoms with Gasteiger partial charge in [0.1, 0.15) is 11.5 Å². The molecule has 0 aliphatic carbocycles. The van der Waals surface area contributed by atoms with Gasteiger partial charge in [0.15, 0.2) is 0 Å². The summed E-state index contributed by atoms with van der Waals surface area (Å²) in [4.78, 5) is 0. The Balaban J connectivity index is 2.01. The summed E-state index contributed by atoms with van der Waals surface area (Å²) in [5, 5.41) is 42.3. The van der Waals surface area contributed by atoms with E-state index >= 15 is 0 Å². The maximum absolute atomic E-state index is 10.7. The first-order chi connectivity index (χ1) is 14.6. The molecular formula is C28H42O4. The van der Waals surface area contributed by atoms with Crippen molar-refractivity contribution in [2.45, 2.75) is 104 Å². The predicted molar refractivity (Wildman–Crippen MR) is 131 cm³/mol. The van der Waals surface area contributed by atoms with E-state index in [2.05, 4.69) is 41.5 Å². The number of hydrogen-bond acceptors (Lipinski definition) is 4. The van der Waals surface area contributed by atoms with Crippen LogP contribution in [0.3, 0.4) is 0 Å². The van der Waals surface area contributed by atoms with E-state index in [1.54, 1.807) is 0 Å². The van der Waals surface area contributed by atoms with Gasteiger partial charge in [-0.3, -0.25) is 0 Å². The van der Waals surface area contributed by atoms with Crippen LogP contribution in [-0.4, -0.2) is 20.4 Å². The molecule has 0 radical (unpaired) electrons. The second kappa shape index (κ2) is 9.84. The van der Waals surface area contributed by atoms with E-state index in [1.165, 1.54) is 0 Å². The SMILES string of the molecule is Cc1cc(C(O)CCCCC(O)c2cc(C)c(O)c(C(C)(C)C)c2)cc(C(C)(C)C)c1O. The lowest BCUT2D eigenvalue weighted by Gasteiger charge is -2.24. The molecule has 178 valence electrons. The third-order valence-electron chi connectivity index (χ3n) is 6.24. The number of aliphatic hydroxyl groups excluding tert-OH is 2. The lowest BCUT2D eigenvalue weighted by Crippen LogP contribution is -2.13. The third kappa shape index (κ3) is 6.26. The minimum Gasteiger partial charge on any atom is -0.507 e. The van der Waals surface area contributed by atoms with E-state index in [0.717, 1.165) is 46.2 Å². The molecule has 0 saturated carbocycles. The summed E-state index contributed by atoms with van der Waals surface area (Å²) in [6, 6.07) is 7.54. The van der Waals surface area contributed by atoms with Crippen molar-refractivity contribution < 1.29 is 20.4 Å². The van der Waals surface area contributed by atoms with Gasteiger partial charge in [-0.2, -0.15) is 0 Å². The Labute approximate surface area is 194 Å². The topological polar surface area (TPSA) is 80.9 Å². The fourth-order valence-electron chi connectivity index (χ4n) is 4.15. The van der Waals surface area contributed by atoms with Crippen molar-refractivity contribution in [2.75, 3.05) is 0 Å². The largest absolute Gasteiger partial charge is 0.507 e. The molecule has 4 nitrogen and oxygen atoms in total. The molecule has 2 aromatic rings. The van der Waals surface area contributed by atoms with Crippen molar-refractivity contribution in [3.05, 3.63) is 57.6 Å². The zero-order valence-electron chi connectivity index (χ0n) is 21.1. The fourth-order valence-corrected chi connectivity index (χ4v) is 4.15. The summed E-state index contributed by atoms with van der Waals surface area (Å²) in [5.74, 6) is 0.603. The molecule has 2 rings (SSSR count). The standard InChI is InChI=1S/C28H42O4/c1-17-13-19(15-21(25(17)31)27(3,4)5)23(29)11-9-10-12-24(30)20-14-18(2)26(32)22(16-20)28(6,7)8/h13-16,23-24,29-32H,9-12H2,1-8H3. The monoisotopic (exact) mass is 442 g/mol. The highest BCUT2D eigenvalue weighted by Crippen LogP contribution is 2.38. The highest BCUT2D eigenvalue weighted by atomic mass is 16.3. The number of benzene rings is 2. The summed E-state index contributed by atoms with van der Waals surface area (Å²) < 4.78 is 0. The molecule has 0 spiro atoms. The van der Waals surface area contributed by atoms with Crippen molar-refractivity contribution in [2.24, 2.45) is 0 Å². The van der Waals surface area contributed by atoms with E-state index in [1.807, 2.05) is 38.1 Å². The summed E-state index contributed by atoms with van der Waals surface area (Å²) in [6.07, 6.45) is 1.57. The number of phenols is 2. The summed E-state index contributed by atoms with van der Waals surface area (Å²) in [7, 11) is 0. The third-order valence-corrected chi connectivity index (χ3v) is 6.24. The number of aromatic hydroxyl groups is 2. The maximum Gasteiger partial charge on any atom is 0.122 e. The van der Waals surface area contributed by atoms with Gasteiger partial charge in [-0.25, -0.2) is 0 Å². The number of aryl methyl sites for hydroxylation is 2. The van der Waals surface area contributed by atoms with E-state index in [9.17, 15) is 20.4 Å². The molecule has 2 aromatic carbocycles. The van der Waals surface area contributed by atoms with Gasteiger partial charge in [-0.05, 0) is 95.2 Å². The Hall–Kier alpha value is -2.04. The Morgan fingerprint density at radius 3 is 1.22 bits per heavy atom. The number of rotatable bonds is 7. The van der Waals surface area contributed by atoms with Gasteiger partial charge in [0.25, 0.3) is 0 Å². The fraction of sp³-hybridized carbons (Fsp3) is 0.571. The van der Waals surface area contributed by atoms with Gasteiger partial charge in [0, 0.05) is 0 Å². The molecule has 0 fully saturated rings. The molecule has 0 aliphatic heterocycles. The van der Waals surface area contributed by atoms with E-state index < -0.39 is 12.2 Å². The highest BCUT2D eigenvalue weighted by molar-refractivity contribution is 5.48. The number of hydrogen-bond donors (Lipinski definition) is 4. The zero-order valence-corrected chi connectivity index (χ0v) is 21.1. The zero-order chi connectivity index (χ0) is 24.4. The van der Waals surface area contributed by atoms with Gasteiger partial charge in [-0.15, -0.1) is 0 Å². The van der Waals surface area contributed by atoms with Crippen LogP contribution in [0.2, 0.25) is 0 Å². The molecule has 0 heterocycles. The van der Waals surface area contributed by atoms with Crippen LogP contribution in [0.15, 0.2) is 24.3 Å². The summed E-state index contributed by atoms with van der Waals surface area (Å²) in [6.45, 7) is 16.0. The molecule has 2 atom stereocenters. The quantitative estimate of drug-likeness (QED) is 0.362. The van der Waals surface area contributed by atoms with E-state index in [4.69, 9.17) is 0 Å². The lowest BCUT2D eigenvalue weighted by atomic mass is 9.83. The number of aliphatic hydroxyl groups is 2. The molecule has 0 amide bonds. The Kier molecular flexibility index (Phi) is 8.06. The van der Waals surface area contributed by atoms with Crippen molar-refractivity contribution in [1.29, 1.82) is 0 Å². The van der Waals surface area contributed by atoms with Crippen LogP contribution >= 0.6 is 0 Å². The van der Waals surface area contributed by atoms with Gasteiger partial charge in [-0.1, -0.05) is 54.4 Å². The minimum atomic E-state index is -0.601. The van der Waals surface area contributed by atoms with Crippen LogP contribution in [0.25, 0.3) is 0 Å². The smallest absolute Gasteiger partial charge is 0.122 e. The van der Waals surface area contributed by atoms with Gasteiger partial charge < -0.3 is 20.4 Å². The molecule has 0 aromatic heterocycles. The van der Waals surface area contributed by atoms with E-state index in [-0.39, 0.29) is 10.8 Å². The van der Waals surface area contributed by atoms with Crippen LogP contribution in [-0.2, 0) is 10.8 Å². The Morgan fingerprint density at radius 2 is 0.938 bits per heavy atom. The lowest BCUT2D eigenvalue weighted by molar-refractivity contribution is 0.146. The van der Waals surface area contributed by atoms with Crippen molar-refractivity contribution in [1.82, 2.24) is 0 Å². The predicted octanol–water partition coefficient (Wildman–Crippen LogP) is 6.64. The van der Waals surface area contributed by atoms with Crippen LogP contribution < -0.4 is 0 Å². The molecule has 4 N–H and O–H groups in total. The highest BCUT2D eigenvalue weighted by Gasteiger charge is 2.23. The molecule has 0 saturated heterocycles. The molecule has 32 heavy (non-hydrogen) atoms. The normalized spacial score (nSPS) is 14.4. The Morgan fingerprint density at radius 1 is 0.625 bits per heavy atom. The average molecular weight is 443 g/mol. The van der Waals surface area contributed by atoms with Crippen LogP contribution in [0, 0.1) is 13.8 Å². The van der Waals surface area contributed by atoms with Crippen molar-refractivity contribution in [3.63, 3.8) is 0 Å². The minimum absolute atomic E-state index is 0.206. The number of unbranched alkanes of at least 4 members (excludes halogenated alkanes) is 1.